The molecule has 0 radical (unpaired) electrons. The molecule has 0 aliphatic heterocycles. The van der Waals surface area contributed by atoms with Gasteiger partial charge in [-0.3, -0.25) is 9.59 Å². The van der Waals surface area contributed by atoms with Crippen LogP contribution in [0.3, 0.4) is 0 Å². The van der Waals surface area contributed by atoms with E-state index in [1.807, 2.05) is 0 Å². The number of nitrogens with zero attached hydrogens (tertiary/aromatic N) is 2. The van der Waals surface area contributed by atoms with Gasteiger partial charge in [0.25, 0.3) is 0 Å². The Labute approximate surface area is 298 Å². The van der Waals surface area contributed by atoms with Gasteiger partial charge in [-0.05, 0) is 143 Å². The second-order valence-corrected chi connectivity index (χ2v) is 14.7. The van der Waals surface area contributed by atoms with E-state index in [0.717, 1.165) is 109 Å². The van der Waals surface area contributed by atoms with Crippen molar-refractivity contribution in [1.82, 2.24) is 15.1 Å². The number of hydrogen-bond donors (Lipinski definition) is 1. The lowest BCUT2D eigenvalue weighted by Gasteiger charge is -2.50. The molecule has 5 nitrogen and oxygen atoms in total. The SMILES string of the molecule is CCCCC/C=C\CCCNC(=O)C1(N(CCCCN(C)C)C(=O)C(CCC/C=C\CCCCC)CCC/C=C\CCCCC)CCC1. The Morgan fingerprint density at radius 2 is 1.04 bits per heavy atom. The fraction of sp³-hybridized carbons (Fsp3) is 0.814. The Hall–Kier alpha value is -1.88. The zero-order chi connectivity index (χ0) is 35.1. The summed E-state index contributed by atoms with van der Waals surface area (Å²) in [5, 5.41) is 3.29. The lowest BCUT2D eigenvalue weighted by atomic mass is 9.73. The molecule has 1 N–H and O–H groups in total. The molecular weight excluding hydrogens is 590 g/mol. The van der Waals surface area contributed by atoms with Gasteiger partial charge in [0.05, 0.1) is 0 Å². The Morgan fingerprint density at radius 1 is 0.604 bits per heavy atom. The number of amides is 2. The smallest absolute Gasteiger partial charge is 0.245 e. The van der Waals surface area contributed by atoms with Gasteiger partial charge in [-0.25, -0.2) is 0 Å². The minimum Gasteiger partial charge on any atom is -0.354 e. The second kappa shape index (κ2) is 30.0. The Bertz CT molecular complexity index is 847. The maximum Gasteiger partial charge on any atom is 0.245 e. The summed E-state index contributed by atoms with van der Waals surface area (Å²) in [5.74, 6) is 0.318. The molecule has 0 heterocycles. The lowest BCUT2D eigenvalue weighted by molar-refractivity contribution is -0.157. The topological polar surface area (TPSA) is 52.7 Å². The summed E-state index contributed by atoms with van der Waals surface area (Å²) in [4.78, 5) is 32.8. The largest absolute Gasteiger partial charge is 0.354 e. The first-order valence-electron chi connectivity index (χ1n) is 20.6. The summed E-state index contributed by atoms with van der Waals surface area (Å²) in [7, 11) is 4.22. The van der Waals surface area contributed by atoms with Gasteiger partial charge >= 0.3 is 0 Å². The predicted octanol–water partition coefficient (Wildman–Crippen LogP) is 11.3. The van der Waals surface area contributed by atoms with Gasteiger partial charge < -0.3 is 15.1 Å². The van der Waals surface area contributed by atoms with Crippen molar-refractivity contribution in [1.29, 1.82) is 0 Å². The highest BCUT2D eigenvalue weighted by Gasteiger charge is 2.51. The monoisotopic (exact) mass is 670 g/mol. The van der Waals surface area contributed by atoms with Crippen molar-refractivity contribution >= 4 is 11.8 Å². The minimum atomic E-state index is -0.665. The van der Waals surface area contributed by atoms with Crippen LogP contribution < -0.4 is 5.32 Å². The van der Waals surface area contributed by atoms with Crippen LogP contribution in [-0.2, 0) is 9.59 Å². The summed E-state index contributed by atoms with van der Waals surface area (Å²) < 4.78 is 0. The van der Waals surface area contributed by atoms with Crippen molar-refractivity contribution in [2.45, 2.75) is 187 Å². The first kappa shape index (κ1) is 44.1. The van der Waals surface area contributed by atoms with Crippen LogP contribution >= 0.6 is 0 Å². The molecule has 2 amide bonds. The van der Waals surface area contributed by atoms with E-state index in [-0.39, 0.29) is 17.7 Å². The number of unbranched alkanes of at least 4 members (excludes halogenated alkanes) is 13. The van der Waals surface area contributed by atoms with E-state index >= 15 is 0 Å². The highest BCUT2D eigenvalue weighted by Crippen LogP contribution is 2.40. The van der Waals surface area contributed by atoms with Gasteiger partial charge in [0, 0.05) is 19.0 Å². The van der Waals surface area contributed by atoms with E-state index < -0.39 is 5.54 Å². The normalized spacial score (nSPS) is 14.6. The summed E-state index contributed by atoms with van der Waals surface area (Å²) in [6.07, 6.45) is 41.3. The standard InChI is InChI=1S/C43H79N3O2/c1-6-9-12-15-18-21-24-27-33-40(34-28-25-22-19-16-13-10-7-2)41(47)46(39-31-30-38-45(4)5)43(35-32-36-43)42(48)44-37-29-26-23-20-17-14-11-8-3/h18-23,40H,6-17,24-39H2,1-5H3,(H,44,48)/b21-18-,22-19-,23-20-. The number of carbonyl (C=O) groups excluding carboxylic acids is 2. The highest BCUT2D eigenvalue weighted by atomic mass is 16.2. The van der Waals surface area contributed by atoms with Crippen LogP contribution in [0.2, 0.25) is 0 Å². The zero-order valence-corrected chi connectivity index (χ0v) is 32.6. The van der Waals surface area contributed by atoms with Crippen LogP contribution in [0.15, 0.2) is 36.5 Å². The molecule has 1 saturated carbocycles. The van der Waals surface area contributed by atoms with E-state index in [4.69, 9.17) is 0 Å². The van der Waals surface area contributed by atoms with Crippen molar-refractivity contribution < 1.29 is 9.59 Å². The highest BCUT2D eigenvalue weighted by molar-refractivity contribution is 5.93. The molecule has 0 aromatic heterocycles. The molecule has 0 bridgehead atoms. The number of allylic oxidation sites excluding steroid dienone is 6. The summed E-state index contributed by atoms with van der Waals surface area (Å²) in [5.41, 5.74) is -0.665. The average Bonchev–Trinajstić information content (AvgIpc) is 3.05. The first-order valence-corrected chi connectivity index (χ1v) is 20.6. The second-order valence-electron chi connectivity index (χ2n) is 14.7. The molecule has 48 heavy (non-hydrogen) atoms. The molecule has 0 unspecified atom stereocenters. The van der Waals surface area contributed by atoms with Crippen molar-refractivity contribution in [2.24, 2.45) is 5.92 Å². The van der Waals surface area contributed by atoms with E-state index in [1.54, 1.807) is 0 Å². The van der Waals surface area contributed by atoms with Crippen LogP contribution in [0, 0.1) is 5.92 Å². The van der Waals surface area contributed by atoms with E-state index in [1.165, 1.54) is 57.8 Å². The maximum absolute atomic E-state index is 14.6. The van der Waals surface area contributed by atoms with E-state index in [2.05, 4.69) is 86.4 Å². The summed E-state index contributed by atoms with van der Waals surface area (Å²) >= 11 is 0. The zero-order valence-electron chi connectivity index (χ0n) is 32.6. The Kier molecular flexibility index (Phi) is 27.6. The van der Waals surface area contributed by atoms with Crippen LogP contribution in [0.4, 0.5) is 0 Å². The molecule has 1 aliphatic carbocycles. The van der Waals surface area contributed by atoms with E-state index in [9.17, 15) is 9.59 Å². The van der Waals surface area contributed by atoms with Gasteiger partial charge in [0.2, 0.25) is 11.8 Å². The van der Waals surface area contributed by atoms with Crippen molar-refractivity contribution in [3.8, 4) is 0 Å². The molecule has 0 spiro atoms. The molecule has 1 aliphatic rings. The molecule has 0 atom stereocenters. The van der Waals surface area contributed by atoms with Crippen molar-refractivity contribution in [2.75, 3.05) is 33.7 Å². The Morgan fingerprint density at radius 3 is 1.46 bits per heavy atom. The van der Waals surface area contributed by atoms with Crippen LogP contribution in [0.25, 0.3) is 0 Å². The van der Waals surface area contributed by atoms with Crippen LogP contribution in [0.5, 0.6) is 0 Å². The average molecular weight is 670 g/mol. The number of rotatable bonds is 32. The molecule has 0 aromatic carbocycles. The fourth-order valence-corrected chi connectivity index (χ4v) is 6.77. The third-order valence-electron chi connectivity index (χ3n) is 10.1. The number of carbonyl (C=O) groups is 2. The lowest BCUT2D eigenvalue weighted by Crippen LogP contribution is -2.65. The first-order chi connectivity index (χ1) is 23.4. The fourth-order valence-electron chi connectivity index (χ4n) is 6.77. The predicted molar refractivity (Wildman–Crippen MR) is 209 cm³/mol. The summed E-state index contributed by atoms with van der Waals surface area (Å²) in [6, 6.07) is 0. The summed E-state index contributed by atoms with van der Waals surface area (Å²) in [6.45, 7) is 9.12. The van der Waals surface area contributed by atoms with Gasteiger partial charge in [0.1, 0.15) is 5.54 Å². The van der Waals surface area contributed by atoms with Crippen molar-refractivity contribution in [3.63, 3.8) is 0 Å². The van der Waals surface area contributed by atoms with Crippen LogP contribution in [-0.4, -0.2) is 60.9 Å². The molecule has 278 valence electrons. The molecule has 1 fully saturated rings. The molecule has 5 heteroatoms. The third kappa shape index (κ3) is 20.0. The Balaban J connectivity index is 2.96. The van der Waals surface area contributed by atoms with Gasteiger partial charge in [-0.1, -0.05) is 95.8 Å². The molecule has 0 saturated heterocycles. The molecular formula is C43H79N3O2. The van der Waals surface area contributed by atoms with Crippen molar-refractivity contribution in [3.05, 3.63) is 36.5 Å². The quantitative estimate of drug-likeness (QED) is 0.0573. The third-order valence-corrected chi connectivity index (χ3v) is 10.1. The van der Waals surface area contributed by atoms with E-state index in [0.29, 0.717) is 13.1 Å². The minimum absolute atomic E-state index is 0.0102. The number of nitrogens with one attached hydrogen (secondary N) is 1. The van der Waals surface area contributed by atoms with Gasteiger partial charge in [-0.2, -0.15) is 0 Å². The number of hydrogen-bond acceptors (Lipinski definition) is 3. The molecule has 0 aromatic rings. The van der Waals surface area contributed by atoms with Crippen LogP contribution in [0.1, 0.15) is 181 Å². The molecule has 1 rings (SSSR count). The maximum atomic E-state index is 14.6. The van der Waals surface area contributed by atoms with Gasteiger partial charge in [-0.15, -0.1) is 0 Å². The van der Waals surface area contributed by atoms with Gasteiger partial charge in [0.15, 0.2) is 0 Å².